The van der Waals surface area contributed by atoms with Gasteiger partial charge in [-0.15, -0.1) is 11.8 Å². The van der Waals surface area contributed by atoms with Crippen molar-refractivity contribution in [3.05, 3.63) is 24.0 Å². The fourth-order valence-corrected chi connectivity index (χ4v) is 3.51. The van der Waals surface area contributed by atoms with E-state index in [9.17, 15) is 14.3 Å². The van der Waals surface area contributed by atoms with Gasteiger partial charge >= 0.3 is 5.97 Å². The molecule has 0 bridgehead atoms. The molecule has 1 fully saturated rings. The molecule has 0 unspecified atom stereocenters. The van der Waals surface area contributed by atoms with Crippen molar-refractivity contribution in [3.8, 4) is 0 Å². The van der Waals surface area contributed by atoms with Crippen molar-refractivity contribution < 1.29 is 19.4 Å². The molecule has 20 heavy (non-hydrogen) atoms. The van der Waals surface area contributed by atoms with Gasteiger partial charge in [-0.05, 0) is 43.9 Å². The van der Waals surface area contributed by atoms with Crippen molar-refractivity contribution in [2.75, 3.05) is 11.5 Å². The third kappa shape index (κ3) is 3.64. The molecule has 110 valence electrons. The molecule has 0 aromatic heterocycles. The van der Waals surface area contributed by atoms with E-state index in [1.165, 1.54) is 23.9 Å². The first-order valence-corrected chi connectivity index (χ1v) is 7.51. The van der Waals surface area contributed by atoms with Gasteiger partial charge < -0.3 is 15.9 Å². The third-order valence-corrected chi connectivity index (χ3v) is 5.10. The first-order valence-electron chi connectivity index (χ1n) is 6.53. The Hall–Kier alpha value is -1.27. The number of benzene rings is 1. The molecular weight excluding hydrogens is 281 g/mol. The van der Waals surface area contributed by atoms with Gasteiger partial charge in [-0.2, -0.15) is 0 Å². The van der Waals surface area contributed by atoms with Crippen LogP contribution in [0.3, 0.4) is 0 Å². The van der Waals surface area contributed by atoms with Crippen molar-refractivity contribution in [3.63, 3.8) is 0 Å². The predicted octanol–water partition coefficient (Wildman–Crippen LogP) is 2.51. The summed E-state index contributed by atoms with van der Waals surface area (Å²) in [5, 5.41) is 19.4. The average Bonchev–Trinajstić information content (AvgIpc) is 2.38. The number of aliphatic carboxylic acids is 1. The van der Waals surface area contributed by atoms with Gasteiger partial charge in [-0.1, -0.05) is 0 Å². The molecule has 0 radical (unpaired) electrons. The number of aliphatic hydroxyl groups is 1. The van der Waals surface area contributed by atoms with Gasteiger partial charge in [0.1, 0.15) is 5.82 Å². The van der Waals surface area contributed by atoms with Gasteiger partial charge in [-0.25, -0.2) is 4.39 Å². The van der Waals surface area contributed by atoms with Crippen LogP contribution in [0, 0.1) is 11.7 Å². The number of nitrogens with two attached hydrogens (primary N) is 1. The normalized spacial score (nSPS) is 26.4. The number of carbonyl (C=O) groups is 1. The van der Waals surface area contributed by atoms with Crippen LogP contribution in [0.25, 0.3) is 0 Å². The molecule has 0 amide bonds. The van der Waals surface area contributed by atoms with E-state index in [2.05, 4.69) is 0 Å². The van der Waals surface area contributed by atoms with Gasteiger partial charge in [0.2, 0.25) is 0 Å². The highest BCUT2D eigenvalue weighted by Gasteiger charge is 2.35. The Morgan fingerprint density at radius 3 is 2.65 bits per heavy atom. The summed E-state index contributed by atoms with van der Waals surface area (Å²) >= 11 is 1.38. The molecule has 1 aromatic carbocycles. The van der Waals surface area contributed by atoms with E-state index in [1.54, 1.807) is 6.07 Å². The highest BCUT2D eigenvalue weighted by atomic mass is 32.2. The molecule has 1 aromatic rings. The fourth-order valence-electron chi connectivity index (χ4n) is 2.41. The highest BCUT2D eigenvalue weighted by Crippen LogP contribution is 2.37. The number of hydrogen-bond acceptors (Lipinski definition) is 4. The Kier molecular flexibility index (Phi) is 4.55. The number of carboxylic acids is 1. The van der Waals surface area contributed by atoms with Crippen LogP contribution < -0.4 is 5.73 Å². The van der Waals surface area contributed by atoms with E-state index in [0.717, 1.165) is 4.90 Å². The minimum Gasteiger partial charge on any atom is -0.481 e. The van der Waals surface area contributed by atoms with Gasteiger partial charge in [-0.3, -0.25) is 4.79 Å². The van der Waals surface area contributed by atoms with Gasteiger partial charge in [0, 0.05) is 16.3 Å². The van der Waals surface area contributed by atoms with Crippen LogP contribution in [0.1, 0.15) is 25.7 Å². The summed E-state index contributed by atoms with van der Waals surface area (Å²) in [4.78, 5) is 11.6. The molecule has 0 heterocycles. The summed E-state index contributed by atoms with van der Waals surface area (Å²) in [6.07, 6.45) is 1.92. The quantitative estimate of drug-likeness (QED) is 0.587. The minimum atomic E-state index is -0.864. The molecule has 4 N–H and O–H groups in total. The maximum absolute atomic E-state index is 12.9. The van der Waals surface area contributed by atoms with Crippen molar-refractivity contribution >= 4 is 23.4 Å². The summed E-state index contributed by atoms with van der Waals surface area (Å²) in [5.41, 5.74) is 5.22. The van der Waals surface area contributed by atoms with Crippen LogP contribution >= 0.6 is 11.8 Å². The Bertz CT molecular complexity index is 501. The zero-order valence-electron chi connectivity index (χ0n) is 11.0. The topological polar surface area (TPSA) is 83.5 Å². The summed E-state index contributed by atoms with van der Waals surface area (Å²) in [7, 11) is 0. The van der Waals surface area contributed by atoms with Crippen molar-refractivity contribution in [1.82, 2.24) is 0 Å². The van der Waals surface area contributed by atoms with Crippen LogP contribution in [0.4, 0.5) is 10.1 Å². The maximum Gasteiger partial charge on any atom is 0.306 e. The molecular formula is C14H18FNO3S. The molecule has 4 nitrogen and oxygen atoms in total. The fraction of sp³-hybridized carbons (Fsp3) is 0.500. The lowest BCUT2D eigenvalue weighted by Gasteiger charge is -2.34. The molecule has 6 heteroatoms. The average molecular weight is 299 g/mol. The second kappa shape index (κ2) is 6.01. The van der Waals surface area contributed by atoms with Crippen LogP contribution in [0.5, 0.6) is 0 Å². The molecule has 0 spiro atoms. The van der Waals surface area contributed by atoms with Crippen LogP contribution in [-0.4, -0.2) is 27.5 Å². The lowest BCUT2D eigenvalue weighted by atomic mass is 9.80. The van der Waals surface area contributed by atoms with Crippen LogP contribution in [0.15, 0.2) is 23.1 Å². The van der Waals surface area contributed by atoms with Gasteiger partial charge in [0.25, 0.3) is 0 Å². The number of rotatable bonds is 4. The minimum absolute atomic E-state index is 0.351. The molecule has 1 saturated carbocycles. The Labute approximate surface area is 121 Å². The first kappa shape index (κ1) is 15.1. The number of anilines is 1. The number of carboxylic acid groups (broad SMARTS) is 1. The number of hydrogen-bond donors (Lipinski definition) is 3. The van der Waals surface area contributed by atoms with Gasteiger partial charge in [0.05, 0.1) is 11.5 Å². The number of halogens is 1. The summed E-state index contributed by atoms with van der Waals surface area (Å²) in [6, 6.07) is 4.19. The third-order valence-electron chi connectivity index (χ3n) is 3.73. The summed E-state index contributed by atoms with van der Waals surface area (Å²) in [5.74, 6) is -1.08. The smallest absolute Gasteiger partial charge is 0.306 e. The van der Waals surface area contributed by atoms with E-state index in [-0.39, 0.29) is 11.7 Å². The number of nitrogen functional groups attached to an aromatic ring is 1. The lowest BCUT2D eigenvalue weighted by Crippen LogP contribution is -2.38. The van der Waals surface area contributed by atoms with E-state index < -0.39 is 11.6 Å². The maximum atomic E-state index is 12.9. The van der Waals surface area contributed by atoms with Crippen molar-refractivity contribution in [2.45, 2.75) is 36.2 Å². The zero-order valence-corrected chi connectivity index (χ0v) is 11.8. The largest absolute Gasteiger partial charge is 0.481 e. The van der Waals surface area contributed by atoms with E-state index in [0.29, 0.717) is 37.1 Å². The Morgan fingerprint density at radius 1 is 1.45 bits per heavy atom. The Balaban J connectivity index is 1.92. The van der Waals surface area contributed by atoms with Crippen LogP contribution in [0.2, 0.25) is 0 Å². The second-order valence-corrected chi connectivity index (χ2v) is 6.32. The molecule has 0 atom stereocenters. The van der Waals surface area contributed by atoms with Crippen molar-refractivity contribution in [2.24, 2.45) is 5.92 Å². The molecule has 1 aliphatic rings. The predicted molar refractivity (Wildman–Crippen MR) is 76.1 cm³/mol. The second-order valence-electron chi connectivity index (χ2n) is 5.31. The van der Waals surface area contributed by atoms with E-state index in [4.69, 9.17) is 10.8 Å². The summed E-state index contributed by atoms with van der Waals surface area (Å²) in [6.45, 7) is 0. The van der Waals surface area contributed by atoms with Crippen LogP contribution in [-0.2, 0) is 4.79 Å². The van der Waals surface area contributed by atoms with Crippen molar-refractivity contribution in [1.29, 1.82) is 0 Å². The molecule has 0 saturated heterocycles. The Morgan fingerprint density at radius 2 is 2.10 bits per heavy atom. The molecule has 0 aliphatic heterocycles. The zero-order chi connectivity index (χ0) is 14.8. The lowest BCUT2D eigenvalue weighted by molar-refractivity contribution is -0.144. The number of thioether (sulfide) groups is 1. The first-order chi connectivity index (χ1) is 9.39. The van der Waals surface area contributed by atoms with E-state index in [1.807, 2.05) is 0 Å². The van der Waals surface area contributed by atoms with Gasteiger partial charge in [0.15, 0.2) is 0 Å². The molecule has 2 rings (SSSR count). The molecule has 1 aliphatic carbocycles. The SMILES string of the molecule is Nc1cc(F)ccc1SCC1(O)CCC(C(=O)O)CC1. The highest BCUT2D eigenvalue weighted by molar-refractivity contribution is 7.99. The standard InChI is InChI=1S/C14H18FNO3S/c15-10-1-2-12(11(16)7-10)20-8-14(19)5-3-9(4-6-14)13(17)18/h1-2,7,9,19H,3-6,8,16H2,(H,17,18). The monoisotopic (exact) mass is 299 g/mol. The van der Waals surface area contributed by atoms with E-state index >= 15 is 0 Å². The summed E-state index contributed by atoms with van der Waals surface area (Å²) < 4.78 is 12.9.